The molecule has 3 saturated heterocycles. The maximum absolute atomic E-state index is 7.10. The number of hydrogen-bond acceptors (Lipinski definition) is 27. The Kier molecular flexibility index (Phi) is 40.1. The first-order valence-electron chi connectivity index (χ1n) is 37.0. The third-order valence-electron chi connectivity index (χ3n) is 16.9. The second kappa shape index (κ2) is 52.2. The number of hydrogen-bond donors (Lipinski definition) is 7. The molecule has 3 aliphatic rings. The molecule has 14 aromatic rings. The minimum Gasteiger partial charge on any atom is -0.397 e. The number of anilines is 9. The van der Waals surface area contributed by atoms with Crippen LogP contribution >= 0.6 is 71.0 Å². The van der Waals surface area contributed by atoms with E-state index in [0.717, 1.165) is 135 Å². The fourth-order valence-electron chi connectivity index (χ4n) is 11.5. The number of thiocarbonyl (C=S) groups is 3. The second-order valence-electron chi connectivity index (χ2n) is 24.7. The molecular formula is C86H90IN29O3S4. The highest BCUT2D eigenvalue weighted by Gasteiger charge is 2.22. The average molecular weight is 1830 g/mol. The number of nitriles is 1. The van der Waals surface area contributed by atoms with Crippen molar-refractivity contribution in [2.24, 2.45) is 20.8 Å². The normalized spacial score (nSPS) is 12.4. The molecule has 0 spiro atoms. The number of nitrogens with zero attached hydrogens (tertiary/aromatic N) is 22. The number of aromatic nitrogens is 14. The largest absolute Gasteiger partial charge is 0.397 e. The summed E-state index contributed by atoms with van der Waals surface area (Å²) in [6, 6.07) is 54.1. The predicted octanol–water partition coefficient (Wildman–Crippen LogP) is 16.0. The van der Waals surface area contributed by atoms with Crippen LogP contribution in [0.2, 0.25) is 0 Å². The zero-order valence-corrected chi connectivity index (χ0v) is 71.0. The number of nitrogens with two attached hydrogens (primary N) is 2. The fraction of sp³-hybridized carbons (Fsp3) is 0.186. The molecule has 628 valence electrons. The summed E-state index contributed by atoms with van der Waals surface area (Å²) in [5, 5.41) is 46.4. The summed E-state index contributed by atoms with van der Waals surface area (Å²) >= 11 is 17.6. The standard InChI is InChI=1S/C23H21N9O.C23H23N7OS.C22H21N7OS.C6H4N2S.C5H6N2.C3H2S.CH3I.CH2N2.2CH4/c1-24-29-23(27-19-4-2-10-25-16-19)26-18-8-6-17(7-9-18)21-28-22(31-12-14-33-15-13-31)20-5-3-11-32(20)30-21;1-32-23(26-19-4-2-10-24-16-19)25-18-8-6-17(7-9-18)21-27-22(29-12-14-31-15-13-29)20-5-3-11-30(20)28-21;31-22(25-18-3-1-9-23-15-18)24-17-7-5-16(6-8-17)20-26-21(28-11-13-30-14-12-28)19-4-2-10-29(19)27-20;9-5-8-6-2-1-3-7-4-6;6-5-2-1-3-7-4-5;1-2-3-4;1-2;2-1-3;;/h2-11,16H,12-15H2,(H2,26,27,29);2-11,16H,12-15H2,1H3,(H,25,26);1-10,15H,11-14H2,(H2,24,25,31);1-4H;1-4H,6H2;1H2;1H3;2H2;2*1H4. The summed E-state index contributed by atoms with van der Waals surface area (Å²) in [5.41, 5.74) is 23.8. The van der Waals surface area contributed by atoms with Gasteiger partial charge < -0.3 is 67.0 Å². The molecule has 3 aromatic carbocycles. The SMILES string of the molecule is C.C.C=C=C=S.CI.CSC(=Nc1ccc(-c2nc(N3CCOCC3)c3cccn3n2)cc1)Nc1cccnc1.N#CN.Nc1cccnc1.S=C(Nc1ccc(-c2nc(N3CCOCC3)c3cccn3n2)cc1)Nc1cccnc1.S=C=Nc1cccnc1.[C-]#[N+]/N=C(\Nc1ccc(-c2nc(N3CCOCC3)c3cccn3n2)cc1)Nc1cccnc1. The number of aliphatic imine (C=N–C) groups is 2. The van der Waals surface area contributed by atoms with Crippen molar-refractivity contribution >= 4 is 177 Å². The van der Waals surface area contributed by atoms with Crippen LogP contribution in [-0.2, 0) is 14.2 Å². The van der Waals surface area contributed by atoms with Gasteiger partial charge in [-0.2, -0.15) is 16.8 Å². The van der Waals surface area contributed by atoms with E-state index in [2.05, 4.69) is 167 Å². The van der Waals surface area contributed by atoms with Crippen LogP contribution in [0.15, 0.2) is 278 Å². The topological polar surface area (TPSA) is 370 Å². The number of nitrogens with one attached hydrogen (secondary N) is 5. The lowest BCUT2D eigenvalue weighted by molar-refractivity contribution is 0.122. The maximum atomic E-state index is 7.10. The van der Waals surface area contributed by atoms with Gasteiger partial charge in [0, 0.05) is 128 Å². The van der Waals surface area contributed by atoms with Gasteiger partial charge >= 0.3 is 0 Å². The Morgan fingerprint density at radius 2 is 0.862 bits per heavy atom. The minimum atomic E-state index is 0. The summed E-state index contributed by atoms with van der Waals surface area (Å²) in [6.45, 7) is 19.3. The van der Waals surface area contributed by atoms with E-state index in [4.69, 9.17) is 69.0 Å². The molecule has 123 heavy (non-hydrogen) atoms. The molecule has 14 heterocycles. The Labute approximate surface area is 747 Å². The van der Waals surface area contributed by atoms with Gasteiger partial charge in [0.2, 0.25) is 0 Å². The molecule has 3 aliphatic heterocycles. The molecule has 37 heteroatoms. The molecule has 0 atom stereocenters. The Hall–Kier alpha value is -13.9. The van der Waals surface area contributed by atoms with Gasteiger partial charge in [-0.25, -0.2) is 33.5 Å². The predicted molar refractivity (Wildman–Crippen MR) is 515 cm³/mol. The lowest BCUT2D eigenvalue weighted by atomic mass is 10.2. The molecule has 17 rings (SSSR count). The van der Waals surface area contributed by atoms with Crippen molar-refractivity contribution in [3.63, 3.8) is 0 Å². The third kappa shape index (κ3) is 29.5. The van der Waals surface area contributed by atoms with E-state index in [0.29, 0.717) is 73.9 Å². The molecule has 0 aliphatic carbocycles. The average Bonchev–Trinajstić information content (AvgIpc) is 1.73. The number of pyridine rings is 5. The molecule has 32 nitrogen and oxygen atoms in total. The molecule has 0 bridgehead atoms. The van der Waals surface area contributed by atoms with Gasteiger partial charge in [-0.1, -0.05) is 54.9 Å². The van der Waals surface area contributed by atoms with E-state index in [1.54, 1.807) is 98.0 Å². The number of morpholine rings is 3. The summed E-state index contributed by atoms with van der Waals surface area (Å²) in [5.74, 6) is 5.08. The van der Waals surface area contributed by atoms with Crippen molar-refractivity contribution < 1.29 is 14.2 Å². The Bertz CT molecular complexity index is 5810. The van der Waals surface area contributed by atoms with Crippen LogP contribution in [0, 0.1) is 18.0 Å². The number of thioether (sulfide) groups is 1. The summed E-state index contributed by atoms with van der Waals surface area (Å²) in [7, 11) is 0. The number of ether oxygens (including phenoxy) is 3. The van der Waals surface area contributed by atoms with E-state index >= 15 is 0 Å². The number of alkyl halides is 1. The van der Waals surface area contributed by atoms with Crippen LogP contribution in [0.3, 0.4) is 0 Å². The van der Waals surface area contributed by atoms with Gasteiger partial charge in [-0.15, -0.1) is 20.3 Å². The Morgan fingerprint density at radius 3 is 1.20 bits per heavy atom. The van der Waals surface area contributed by atoms with E-state index in [-0.39, 0.29) is 14.9 Å². The van der Waals surface area contributed by atoms with Gasteiger partial charge in [0.15, 0.2) is 51.4 Å². The van der Waals surface area contributed by atoms with Gasteiger partial charge in [-0.05, 0) is 224 Å². The number of benzene rings is 3. The molecule has 11 aromatic heterocycles. The molecule has 3 fully saturated rings. The number of halogens is 1. The first kappa shape index (κ1) is 94.6. The smallest absolute Gasteiger partial charge is 0.286 e. The highest BCUT2D eigenvalue weighted by Crippen LogP contribution is 2.30. The Balaban J connectivity index is 0.000000199. The number of fused-ring (bicyclic) bond motifs is 3. The Morgan fingerprint density at radius 1 is 0.504 bits per heavy atom. The fourth-order valence-corrected chi connectivity index (χ4v) is 12.2. The van der Waals surface area contributed by atoms with Crippen molar-refractivity contribution in [3.05, 3.63) is 274 Å². The zero-order valence-electron chi connectivity index (χ0n) is 65.6. The molecular weight excluding hydrogens is 1740 g/mol. The number of amidine groups is 1. The third-order valence-corrected chi connectivity index (χ3v) is 17.9. The summed E-state index contributed by atoms with van der Waals surface area (Å²) in [4.78, 5) is 54.8. The quantitative estimate of drug-likeness (QED) is 0.00538. The lowest BCUT2D eigenvalue weighted by Crippen LogP contribution is -2.37. The van der Waals surface area contributed by atoms with Gasteiger partial charge in [-0.3, -0.25) is 24.9 Å². The van der Waals surface area contributed by atoms with Crippen molar-refractivity contribution in [2.75, 3.05) is 137 Å². The van der Waals surface area contributed by atoms with Gasteiger partial charge in [0.25, 0.3) is 5.96 Å². The van der Waals surface area contributed by atoms with Crippen LogP contribution in [0.1, 0.15) is 14.9 Å². The minimum absolute atomic E-state index is 0. The van der Waals surface area contributed by atoms with Crippen LogP contribution in [0.25, 0.3) is 55.7 Å². The highest BCUT2D eigenvalue weighted by molar-refractivity contribution is 14.1. The summed E-state index contributed by atoms with van der Waals surface area (Å²) < 4.78 is 22.1. The van der Waals surface area contributed by atoms with Gasteiger partial charge in [0.05, 0.1) is 104 Å². The second-order valence-corrected chi connectivity index (χ2v) is 26.3. The molecule has 0 saturated carbocycles. The molecule has 9 N–H and O–H groups in total. The summed E-state index contributed by atoms with van der Waals surface area (Å²) in [6.07, 6.45) is 26.0. The van der Waals surface area contributed by atoms with Crippen LogP contribution in [-0.4, -0.2) is 185 Å². The first-order valence-corrected chi connectivity index (χ1v) is 41.6. The molecule has 0 amide bonds. The first-order chi connectivity index (χ1) is 59.5. The maximum Gasteiger partial charge on any atom is 0.286 e. The number of rotatable bonds is 13. The van der Waals surface area contributed by atoms with E-state index < -0.39 is 0 Å². The monoisotopic (exact) mass is 1830 g/mol. The number of isothiocyanates is 1. The highest BCUT2D eigenvalue weighted by atomic mass is 127. The number of guanidine groups is 1. The van der Waals surface area contributed by atoms with E-state index in [1.807, 2.05) is 189 Å². The van der Waals surface area contributed by atoms with Crippen molar-refractivity contribution in [1.29, 1.82) is 5.26 Å². The van der Waals surface area contributed by atoms with Gasteiger partial charge in [0.1, 0.15) is 21.7 Å². The van der Waals surface area contributed by atoms with Crippen LogP contribution in [0.5, 0.6) is 0 Å². The van der Waals surface area contributed by atoms with Crippen molar-refractivity contribution in [2.45, 2.75) is 14.9 Å². The van der Waals surface area contributed by atoms with Crippen molar-refractivity contribution in [1.82, 2.24) is 68.7 Å². The molecule has 0 radical (unpaired) electrons. The number of nitrogen functional groups attached to an aromatic ring is 1. The van der Waals surface area contributed by atoms with E-state index in [9.17, 15) is 0 Å². The van der Waals surface area contributed by atoms with Crippen molar-refractivity contribution in [3.8, 4) is 40.4 Å². The van der Waals surface area contributed by atoms with Crippen LogP contribution < -0.4 is 52.8 Å². The molecule has 0 unspecified atom stereocenters. The van der Waals surface area contributed by atoms with Crippen LogP contribution in [0.4, 0.5) is 63.0 Å². The lowest BCUT2D eigenvalue weighted by Gasteiger charge is -2.28. The van der Waals surface area contributed by atoms with E-state index in [1.165, 1.54) is 6.19 Å². The zero-order chi connectivity index (χ0) is 85.0.